The molecule has 8 aromatic carbocycles. The number of thiophene rings is 3. The summed E-state index contributed by atoms with van der Waals surface area (Å²) in [5.74, 6) is 0. The molecule has 494 valence electrons. The Morgan fingerprint density at radius 2 is 0.592 bits per heavy atom. The first-order chi connectivity index (χ1) is 47.4. The van der Waals surface area contributed by atoms with E-state index in [1.165, 1.54) is 115 Å². The summed E-state index contributed by atoms with van der Waals surface area (Å²) in [6.45, 7) is 7.09. The Morgan fingerprint density at radius 1 is 0.327 bits per heavy atom. The van der Waals surface area contributed by atoms with Gasteiger partial charge in [-0.25, -0.2) is 0 Å². The number of hydrogen-bond donors (Lipinski definition) is 0. The van der Waals surface area contributed by atoms with E-state index in [0.717, 1.165) is 83.0 Å². The molecule has 0 spiro atoms. The fraction of sp³-hybridized carbons (Fsp3) is 0.150. The van der Waals surface area contributed by atoms with Crippen LogP contribution in [0.5, 0.6) is 0 Å². The standard InChI is InChI=1S/C42H26N2O2S4.C16H12NS.C10H2Br2O2S2.3C4H9.HI.Sn/c45-41-39(33-21-23-37(47-33)43(27-13-5-1-6-14-27)28-15-7-2-8-16-28)31-25-36-32(26-35(31)49-41)40(42(46)50-36)34-22-24-38(48-34)44(29-17-9-3-10-18-29)30-19-11-4-12-20-30;1-3-8-14(9-4-1)17(16-12-7-13-18-16)15-10-5-2-6-11-15;11-7-3-1-5-4(8(12)10(14)15-5)2-6(3)16-9(7)13;3*1-3-4-2;;/h1-26H;1-12H;1-2H;3*1,3-4H2,2H3;1H;/p-1. The van der Waals surface area contributed by atoms with Gasteiger partial charge in [-0.2, -0.15) is 0 Å². The van der Waals surface area contributed by atoms with Crippen molar-refractivity contribution in [2.45, 2.75) is 92.2 Å². The number of halogens is 3. The van der Waals surface area contributed by atoms with Crippen LogP contribution in [-0.4, -0.2) is 38.8 Å². The van der Waals surface area contributed by atoms with Crippen LogP contribution in [0, 0.1) is 0 Å². The number of para-hydroxylation sites is 6. The summed E-state index contributed by atoms with van der Waals surface area (Å²) in [5.41, 5.74) is 8.09. The van der Waals surface area contributed by atoms with Crippen LogP contribution in [0.15, 0.2) is 262 Å². The molecule has 0 N–H and O–H groups in total. The summed E-state index contributed by atoms with van der Waals surface area (Å²) in [4.78, 5) is 62.6. The Labute approximate surface area is 639 Å². The van der Waals surface area contributed by atoms with Gasteiger partial charge < -0.3 is 33.8 Å². The molecule has 3 aromatic heterocycles. The molecule has 7 nitrogen and oxygen atoms in total. The van der Waals surface area contributed by atoms with Crippen LogP contribution in [0.2, 0.25) is 13.3 Å². The Kier molecular flexibility index (Phi) is 24.6. The number of rotatable bonds is 21. The maximum Gasteiger partial charge on any atom is 0.231 e. The molecule has 4 aliphatic rings. The van der Waals surface area contributed by atoms with Gasteiger partial charge in [0.05, 0.1) is 20.1 Å². The van der Waals surface area contributed by atoms with Gasteiger partial charge >= 0.3 is 199 Å². The molecule has 98 heavy (non-hydrogen) atoms. The number of fused-ring (bicyclic) bond motifs is 4. The summed E-state index contributed by atoms with van der Waals surface area (Å²) in [6, 6.07) is 83.9. The molecule has 0 atom stereocenters. The van der Waals surface area contributed by atoms with E-state index in [0.29, 0.717) is 20.1 Å². The zero-order valence-corrected chi connectivity index (χ0v) is 67.8. The van der Waals surface area contributed by atoms with Gasteiger partial charge in [-0.15, -0.1) is 22.7 Å². The van der Waals surface area contributed by atoms with E-state index < -0.39 is 18.4 Å². The van der Waals surface area contributed by atoms with Crippen LogP contribution in [0.4, 0.5) is 49.1 Å². The molecule has 0 bridgehead atoms. The summed E-state index contributed by atoms with van der Waals surface area (Å²) in [6.07, 6.45) is 8.23. The average molecular weight is 1760 g/mol. The number of hydrogen-bond acceptors (Lipinski definition) is 14. The van der Waals surface area contributed by atoms with Crippen molar-refractivity contribution in [2.24, 2.45) is 0 Å². The third-order valence-corrected chi connectivity index (χ3v) is 44.7. The van der Waals surface area contributed by atoms with Crippen LogP contribution in [0.3, 0.4) is 0 Å². The molecule has 0 fully saturated rings. The topological polar surface area (TPSA) is 78.0 Å². The van der Waals surface area contributed by atoms with Crippen molar-refractivity contribution in [3.05, 3.63) is 273 Å². The van der Waals surface area contributed by atoms with Gasteiger partial charge in [0, 0.05) is 73.0 Å². The normalized spacial score (nSPS) is 13.5. The van der Waals surface area contributed by atoms with Gasteiger partial charge in [0.1, 0.15) is 10.0 Å². The van der Waals surface area contributed by atoms with E-state index in [1.54, 1.807) is 25.6 Å². The molecule has 11 aromatic rings. The van der Waals surface area contributed by atoms with Gasteiger partial charge in [-0.05, 0) is 176 Å². The second-order valence-corrected chi connectivity index (χ2v) is 46.6. The Bertz CT molecular complexity index is 4610. The van der Waals surface area contributed by atoms with Crippen molar-refractivity contribution in [2.75, 3.05) is 14.7 Å². The zero-order chi connectivity index (χ0) is 67.0. The monoisotopic (exact) mass is 1760 g/mol. The second kappa shape index (κ2) is 33.4. The predicted molar refractivity (Wildman–Crippen MR) is 426 cm³/mol. The molecule has 0 radical (unpaired) electrons. The van der Waals surface area contributed by atoms with Gasteiger partial charge in [0.15, 0.2) is 0 Å². The number of thioether (sulfide) groups is 4. The summed E-state index contributed by atoms with van der Waals surface area (Å²) >= 11 is 14.4. The maximum atomic E-state index is 13.7. The molecule has 0 aliphatic carbocycles. The number of carbonyl (C=O) groups excluding carboxylic acids is 4. The molecule has 0 amide bonds. The fourth-order valence-corrected chi connectivity index (χ4v) is 40.1. The van der Waals surface area contributed by atoms with E-state index in [1.807, 2.05) is 109 Å². The minimum atomic E-state index is -2.39. The van der Waals surface area contributed by atoms with E-state index in [4.69, 9.17) is 0 Å². The number of unbranched alkanes of at least 4 members (excludes halogenated alkanes) is 3. The third-order valence-electron chi connectivity index (χ3n) is 17.3. The fourth-order valence-electron chi connectivity index (χ4n) is 12.5. The van der Waals surface area contributed by atoms with E-state index in [9.17, 15) is 19.2 Å². The van der Waals surface area contributed by atoms with Crippen molar-refractivity contribution >= 4 is 224 Å². The van der Waals surface area contributed by atoms with Crippen LogP contribution < -0.4 is 62.4 Å². The minimum Gasteiger partial charge on any atom is -1.00 e. The molecule has 15 rings (SSSR count). The molecule has 0 saturated carbocycles. The quantitative estimate of drug-likeness (QED) is 0.0510. The SMILES string of the molecule is CCC[CH2][Sn]([CH2]CCC)([CH2]CCC)[c]1ccc(N(c2ccccc2)c2ccccc2)s1.O=C1Sc2cc3c(cc2=C1Br)SC(=O)C=3Br.O=C1Sc2cc3c(cc2=C1c1ccc(N(c2ccccc2)c2ccccc2)s1)SC(=O)C=3c1ccc(N(c2ccccc2)c2ccccc2)s1.[I-]. The summed E-state index contributed by atoms with van der Waals surface area (Å²) < 4.78 is 7.57. The van der Waals surface area contributed by atoms with Gasteiger partial charge in [0.2, 0.25) is 20.5 Å². The number of benzene rings is 8. The Hall–Kier alpha value is -5.69. The van der Waals surface area contributed by atoms with Gasteiger partial charge in [0.25, 0.3) is 0 Å². The van der Waals surface area contributed by atoms with E-state index in [-0.39, 0.29) is 44.4 Å². The van der Waals surface area contributed by atoms with Gasteiger partial charge in [-0.1, -0.05) is 72.8 Å². The van der Waals surface area contributed by atoms with E-state index >= 15 is 0 Å². The van der Waals surface area contributed by atoms with Crippen LogP contribution in [-0.2, 0) is 19.2 Å². The molecular weight excluding hydrogens is 1700 g/mol. The summed E-state index contributed by atoms with van der Waals surface area (Å²) in [7, 11) is 0. The minimum absolute atomic E-state index is 0. The molecule has 18 heteroatoms. The van der Waals surface area contributed by atoms with Crippen LogP contribution in [0.25, 0.3) is 20.1 Å². The first-order valence-electron chi connectivity index (χ1n) is 32.5. The smallest absolute Gasteiger partial charge is 0.231 e. The summed E-state index contributed by atoms with van der Waals surface area (Å²) in [5, 5.41) is 7.07. The van der Waals surface area contributed by atoms with Crippen LogP contribution >= 0.6 is 113 Å². The maximum absolute atomic E-state index is 13.7. The number of nitrogens with zero attached hydrogens (tertiary/aromatic N) is 3. The average Bonchev–Trinajstić information content (AvgIpc) is 1.61. The predicted octanol–water partition coefficient (Wildman–Crippen LogP) is 18.6. The van der Waals surface area contributed by atoms with Crippen LogP contribution in [0.1, 0.15) is 69.1 Å². The first-order valence-corrected chi connectivity index (χ1v) is 47.3. The van der Waals surface area contributed by atoms with Crippen molar-refractivity contribution in [3.8, 4) is 0 Å². The Balaban J connectivity index is 0.000000161. The third kappa shape index (κ3) is 15.7. The van der Waals surface area contributed by atoms with Crippen molar-refractivity contribution in [1.82, 2.24) is 0 Å². The largest absolute Gasteiger partial charge is 1.00 e. The van der Waals surface area contributed by atoms with Crippen molar-refractivity contribution in [1.29, 1.82) is 0 Å². The molecular formula is C80H67Br2IN3O4S7Sn-. The van der Waals surface area contributed by atoms with Crippen molar-refractivity contribution < 1.29 is 43.2 Å². The van der Waals surface area contributed by atoms with Crippen molar-refractivity contribution in [3.63, 3.8) is 0 Å². The van der Waals surface area contributed by atoms with Gasteiger partial charge in [-0.3, -0.25) is 19.2 Å². The molecule has 0 saturated heterocycles. The number of carbonyl (C=O) groups is 4. The zero-order valence-electron chi connectivity index (χ0n) is 53.9. The molecule has 7 heterocycles. The molecule has 4 aliphatic heterocycles. The Morgan fingerprint density at radius 3 is 0.898 bits per heavy atom. The molecule has 0 unspecified atom stereocenters. The second-order valence-electron chi connectivity index (χ2n) is 23.6. The number of anilines is 9. The van der Waals surface area contributed by atoms with E-state index in [2.05, 4.69) is 212 Å². The first kappa shape index (κ1) is 72.1.